The highest BCUT2D eigenvalue weighted by Gasteiger charge is 2.09. The van der Waals surface area contributed by atoms with Gasteiger partial charge in [-0.3, -0.25) is 9.78 Å². The van der Waals surface area contributed by atoms with Crippen molar-refractivity contribution in [2.45, 2.75) is 13.5 Å². The number of aryl methyl sites for hydroxylation is 1. The maximum Gasteiger partial charge on any atom is 0.268 e. The minimum Gasteiger partial charge on any atom is -0.351 e. The summed E-state index contributed by atoms with van der Waals surface area (Å²) in [5, 5.41) is 3.90. The number of fused-ring (bicyclic) bond motifs is 1. The van der Waals surface area contributed by atoms with Crippen molar-refractivity contribution in [2.75, 3.05) is 0 Å². The lowest BCUT2D eigenvalue weighted by Crippen LogP contribution is -2.23. The van der Waals surface area contributed by atoms with Gasteiger partial charge in [-0.25, -0.2) is 0 Å². The minimum atomic E-state index is -0.121. The molecule has 3 rings (SSSR count). The van der Waals surface area contributed by atoms with Crippen LogP contribution in [0.15, 0.2) is 48.7 Å². The van der Waals surface area contributed by atoms with Crippen LogP contribution in [0.3, 0.4) is 0 Å². The Hall–Kier alpha value is -2.62. The van der Waals surface area contributed by atoms with Gasteiger partial charge in [0.15, 0.2) is 0 Å². The van der Waals surface area contributed by atoms with Crippen LogP contribution in [0.2, 0.25) is 0 Å². The van der Waals surface area contributed by atoms with E-state index in [2.05, 4.69) is 15.3 Å². The van der Waals surface area contributed by atoms with E-state index >= 15 is 0 Å². The van der Waals surface area contributed by atoms with Crippen molar-refractivity contribution in [1.29, 1.82) is 0 Å². The number of pyridine rings is 1. The van der Waals surface area contributed by atoms with Crippen molar-refractivity contribution in [2.24, 2.45) is 0 Å². The Balaban J connectivity index is 1.75. The number of nitrogens with zero attached hydrogens (tertiary/aromatic N) is 1. The third-order valence-electron chi connectivity index (χ3n) is 3.18. The Morgan fingerprint density at radius 1 is 1.25 bits per heavy atom. The highest BCUT2D eigenvalue weighted by atomic mass is 16.1. The van der Waals surface area contributed by atoms with Crippen LogP contribution in [0.25, 0.3) is 10.9 Å². The summed E-state index contributed by atoms with van der Waals surface area (Å²) in [6.07, 6.45) is 1.72. The summed E-state index contributed by atoms with van der Waals surface area (Å²) in [7, 11) is 0. The zero-order valence-corrected chi connectivity index (χ0v) is 11.2. The van der Waals surface area contributed by atoms with Gasteiger partial charge in [-0.1, -0.05) is 18.2 Å². The molecule has 1 aromatic carbocycles. The number of H-pyrrole nitrogens is 1. The second-order valence-electron chi connectivity index (χ2n) is 4.78. The van der Waals surface area contributed by atoms with Crippen LogP contribution in [0.1, 0.15) is 21.7 Å². The molecular formula is C16H15N3O. The first kappa shape index (κ1) is 12.4. The summed E-state index contributed by atoms with van der Waals surface area (Å²) in [5.74, 6) is -0.121. The Kier molecular flexibility index (Phi) is 3.21. The molecule has 0 saturated carbocycles. The lowest BCUT2D eigenvalue weighted by Gasteiger charge is -2.02. The number of amides is 1. The molecule has 4 heteroatoms. The molecule has 0 spiro atoms. The molecule has 0 fully saturated rings. The van der Waals surface area contributed by atoms with Gasteiger partial charge in [-0.05, 0) is 36.8 Å². The van der Waals surface area contributed by atoms with E-state index in [1.54, 1.807) is 6.20 Å². The third-order valence-corrected chi connectivity index (χ3v) is 3.18. The van der Waals surface area contributed by atoms with E-state index in [1.165, 1.54) is 5.56 Å². The van der Waals surface area contributed by atoms with E-state index in [9.17, 15) is 4.79 Å². The molecule has 0 bridgehead atoms. The van der Waals surface area contributed by atoms with Gasteiger partial charge in [0.1, 0.15) is 5.69 Å². The van der Waals surface area contributed by atoms with E-state index in [0.29, 0.717) is 12.2 Å². The Bertz CT molecular complexity index is 747. The molecule has 20 heavy (non-hydrogen) atoms. The monoisotopic (exact) mass is 265 g/mol. The van der Waals surface area contributed by atoms with E-state index < -0.39 is 0 Å². The second-order valence-corrected chi connectivity index (χ2v) is 4.78. The first-order valence-electron chi connectivity index (χ1n) is 6.50. The molecule has 0 aliphatic carbocycles. The first-order valence-corrected chi connectivity index (χ1v) is 6.50. The second kappa shape index (κ2) is 5.17. The van der Waals surface area contributed by atoms with Crippen molar-refractivity contribution in [3.63, 3.8) is 0 Å². The van der Waals surface area contributed by atoms with Crippen LogP contribution >= 0.6 is 0 Å². The van der Waals surface area contributed by atoms with E-state index in [-0.39, 0.29) is 5.91 Å². The fourth-order valence-corrected chi connectivity index (χ4v) is 2.13. The number of hydrogen-bond acceptors (Lipinski definition) is 2. The zero-order valence-electron chi connectivity index (χ0n) is 11.2. The maximum absolute atomic E-state index is 12.1. The molecule has 0 saturated heterocycles. The van der Waals surface area contributed by atoms with Gasteiger partial charge in [0.05, 0.1) is 12.2 Å². The quantitative estimate of drug-likeness (QED) is 0.765. The fourth-order valence-electron chi connectivity index (χ4n) is 2.13. The number of carbonyl (C=O) groups excluding carboxylic acids is 1. The molecule has 2 N–H and O–H groups in total. The molecular weight excluding hydrogens is 250 g/mol. The number of aromatic nitrogens is 2. The van der Waals surface area contributed by atoms with E-state index in [4.69, 9.17) is 0 Å². The predicted molar refractivity (Wildman–Crippen MR) is 78.4 cm³/mol. The summed E-state index contributed by atoms with van der Waals surface area (Å²) >= 11 is 0. The number of nitrogens with one attached hydrogen (secondary N) is 2. The smallest absolute Gasteiger partial charge is 0.268 e. The van der Waals surface area contributed by atoms with Gasteiger partial charge < -0.3 is 10.3 Å². The van der Waals surface area contributed by atoms with Crippen LogP contribution in [-0.2, 0) is 6.54 Å². The molecule has 0 aliphatic rings. The number of aromatic amines is 1. The van der Waals surface area contributed by atoms with Crippen LogP contribution in [0.4, 0.5) is 0 Å². The standard InChI is InChI=1S/C16H15N3O/c1-11-5-6-12-9-15(19-14(12)8-11)16(20)18-10-13-4-2-3-7-17-13/h2-9,19H,10H2,1H3,(H,18,20). The molecule has 100 valence electrons. The summed E-state index contributed by atoms with van der Waals surface area (Å²) in [6.45, 7) is 2.45. The molecule has 2 heterocycles. The van der Waals surface area contributed by atoms with Gasteiger partial charge in [0.2, 0.25) is 0 Å². The van der Waals surface area contributed by atoms with E-state index in [0.717, 1.165) is 16.6 Å². The fraction of sp³-hybridized carbons (Fsp3) is 0.125. The summed E-state index contributed by atoms with van der Waals surface area (Å²) < 4.78 is 0. The Morgan fingerprint density at radius 3 is 2.95 bits per heavy atom. The lowest BCUT2D eigenvalue weighted by molar-refractivity contribution is 0.0946. The Morgan fingerprint density at radius 2 is 2.15 bits per heavy atom. The summed E-state index contributed by atoms with van der Waals surface area (Å²) in [5.41, 5.74) is 3.56. The summed E-state index contributed by atoms with van der Waals surface area (Å²) in [6, 6.07) is 13.6. The molecule has 3 aromatic rings. The molecule has 0 aliphatic heterocycles. The number of benzene rings is 1. The predicted octanol–water partition coefficient (Wildman–Crippen LogP) is 2.80. The minimum absolute atomic E-state index is 0.121. The van der Waals surface area contributed by atoms with Gasteiger partial charge in [-0.15, -0.1) is 0 Å². The summed E-state index contributed by atoms with van der Waals surface area (Å²) in [4.78, 5) is 19.4. The zero-order chi connectivity index (χ0) is 13.9. The van der Waals surface area contributed by atoms with Gasteiger partial charge >= 0.3 is 0 Å². The number of hydrogen-bond donors (Lipinski definition) is 2. The van der Waals surface area contributed by atoms with Gasteiger partial charge in [0, 0.05) is 17.1 Å². The van der Waals surface area contributed by atoms with Gasteiger partial charge in [0.25, 0.3) is 5.91 Å². The van der Waals surface area contributed by atoms with Crippen molar-refractivity contribution in [1.82, 2.24) is 15.3 Å². The molecule has 4 nitrogen and oxygen atoms in total. The van der Waals surface area contributed by atoms with Crippen molar-refractivity contribution < 1.29 is 4.79 Å². The maximum atomic E-state index is 12.1. The highest BCUT2D eigenvalue weighted by molar-refractivity contribution is 5.98. The molecule has 0 unspecified atom stereocenters. The third kappa shape index (κ3) is 2.54. The van der Waals surface area contributed by atoms with Crippen molar-refractivity contribution in [3.8, 4) is 0 Å². The SMILES string of the molecule is Cc1ccc2cc(C(=O)NCc3ccccn3)[nH]c2c1. The van der Waals surface area contributed by atoms with Crippen LogP contribution in [-0.4, -0.2) is 15.9 Å². The molecule has 0 atom stereocenters. The highest BCUT2D eigenvalue weighted by Crippen LogP contribution is 2.16. The van der Waals surface area contributed by atoms with Crippen LogP contribution in [0.5, 0.6) is 0 Å². The topological polar surface area (TPSA) is 57.8 Å². The average Bonchev–Trinajstić information content (AvgIpc) is 2.89. The van der Waals surface area contributed by atoms with Crippen LogP contribution < -0.4 is 5.32 Å². The average molecular weight is 265 g/mol. The molecule has 1 amide bonds. The number of rotatable bonds is 3. The van der Waals surface area contributed by atoms with Gasteiger partial charge in [-0.2, -0.15) is 0 Å². The van der Waals surface area contributed by atoms with Crippen LogP contribution in [0, 0.1) is 6.92 Å². The largest absolute Gasteiger partial charge is 0.351 e. The molecule has 0 radical (unpaired) electrons. The Labute approximate surface area is 116 Å². The first-order chi connectivity index (χ1) is 9.72. The lowest BCUT2D eigenvalue weighted by atomic mass is 10.2. The van der Waals surface area contributed by atoms with Crippen molar-refractivity contribution >= 4 is 16.8 Å². The molecule has 2 aromatic heterocycles. The normalized spacial score (nSPS) is 10.7. The van der Waals surface area contributed by atoms with E-state index in [1.807, 2.05) is 49.4 Å². The van der Waals surface area contributed by atoms with Crippen molar-refractivity contribution in [3.05, 3.63) is 65.6 Å². The number of carbonyl (C=O) groups is 1.